The number of likely N-dealkylation sites (N-methyl/N-ethyl adjacent to an activating group) is 1. The fourth-order valence-electron chi connectivity index (χ4n) is 2.02. The van der Waals surface area contributed by atoms with Gasteiger partial charge in [-0.25, -0.2) is 0 Å². The SMILES string of the molecule is CNC(=O)[C@H](C)NCc1ccc(OCc2ccccc2)cc1. The maximum atomic E-state index is 11.4. The minimum atomic E-state index is -0.209. The lowest BCUT2D eigenvalue weighted by atomic mass is 10.2. The first-order valence-corrected chi connectivity index (χ1v) is 7.39. The minimum Gasteiger partial charge on any atom is -0.489 e. The van der Waals surface area contributed by atoms with Crippen molar-refractivity contribution in [2.45, 2.75) is 26.1 Å². The lowest BCUT2D eigenvalue weighted by Gasteiger charge is -2.12. The smallest absolute Gasteiger partial charge is 0.236 e. The average Bonchev–Trinajstić information content (AvgIpc) is 2.59. The highest BCUT2D eigenvalue weighted by molar-refractivity contribution is 5.80. The Morgan fingerprint density at radius 3 is 2.36 bits per heavy atom. The summed E-state index contributed by atoms with van der Waals surface area (Å²) >= 11 is 0. The summed E-state index contributed by atoms with van der Waals surface area (Å²) in [4.78, 5) is 11.4. The van der Waals surface area contributed by atoms with Crippen LogP contribution in [-0.2, 0) is 17.9 Å². The number of amides is 1. The molecule has 1 atom stereocenters. The summed E-state index contributed by atoms with van der Waals surface area (Å²) in [7, 11) is 1.64. The number of hydrogen-bond donors (Lipinski definition) is 2. The second-order valence-electron chi connectivity index (χ2n) is 5.14. The van der Waals surface area contributed by atoms with Crippen molar-refractivity contribution in [1.82, 2.24) is 10.6 Å². The molecule has 0 saturated heterocycles. The molecule has 2 aromatic carbocycles. The van der Waals surface area contributed by atoms with Gasteiger partial charge in [0.2, 0.25) is 5.91 Å². The maximum absolute atomic E-state index is 11.4. The Kier molecular flexibility index (Phi) is 5.98. The van der Waals surface area contributed by atoms with Gasteiger partial charge in [0.05, 0.1) is 6.04 Å². The molecular weight excluding hydrogens is 276 g/mol. The maximum Gasteiger partial charge on any atom is 0.236 e. The van der Waals surface area contributed by atoms with E-state index in [-0.39, 0.29) is 11.9 Å². The first kappa shape index (κ1) is 16.0. The molecule has 0 saturated carbocycles. The van der Waals surface area contributed by atoms with Crippen molar-refractivity contribution in [1.29, 1.82) is 0 Å². The number of carbonyl (C=O) groups excluding carboxylic acids is 1. The Labute approximate surface area is 131 Å². The average molecular weight is 298 g/mol. The molecule has 0 unspecified atom stereocenters. The Balaban J connectivity index is 1.81. The van der Waals surface area contributed by atoms with Gasteiger partial charge in [-0.3, -0.25) is 4.79 Å². The van der Waals surface area contributed by atoms with E-state index in [2.05, 4.69) is 10.6 Å². The highest BCUT2D eigenvalue weighted by atomic mass is 16.5. The Morgan fingerprint density at radius 1 is 1.05 bits per heavy atom. The molecule has 2 aromatic rings. The molecule has 2 rings (SSSR count). The van der Waals surface area contributed by atoms with Crippen LogP contribution in [0.4, 0.5) is 0 Å². The molecule has 0 fully saturated rings. The highest BCUT2D eigenvalue weighted by Gasteiger charge is 2.09. The van der Waals surface area contributed by atoms with Crippen LogP contribution in [-0.4, -0.2) is 19.0 Å². The van der Waals surface area contributed by atoms with Crippen LogP contribution in [0.2, 0.25) is 0 Å². The third kappa shape index (κ3) is 4.90. The van der Waals surface area contributed by atoms with E-state index in [0.717, 1.165) is 16.9 Å². The van der Waals surface area contributed by atoms with Crippen LogP contribution in [0.3, 0.4) is 0 Å². The predicted molar refractivity (Wildman–Crippen MR) is 87.6 cm³/mol. The van der Waals surface area contributed by atoms with E-state index in [9.17, 15) is 4.79 Å². The molecule has 4 heteroatoms. The van der Waals surface area contributed by atoms with Crippen molar-refractivity contribution >= 4 is 5.91 Å². The summed E-state index contributed by atoms with van der Waals surface area (Å²) in [5, 5.41) is 5.80. The molecule has 0 aromatic heterocycles. The van der Waals surface area contributed by atoms with Crippen LogP contribution in [0.5, 0.6) is 5.75 Å². The van der Waals surface area contributed by atoms with Gasteiger partial charge in [0.1, 0.15) is 12.4 Å². The van der Waals surface area contributed by atoms with E-state index in [1.165, 1.54) is 0 Å². The molecule has 0 bridgehead atoms. The van der Waals surface area contributed by atoms with Crippen LogP contribution in [0.25, 0.3) is 0 Å². The van der Waals surface area contributed by atoms with Crippen molar-refractivity contribution in [2.75, 3.05) is 7.05 Å². The lowest BCUT2D eigenvalue weighted by Crippen LogP contribution is -2.40. The molecular formula is C18H22N2O2. The van der Waals surface area contributed by atoms with Gasteiger partial charge in [-0.1, -0.05) is 42.5 Å². The number of hydrogen-bond acceptors (Lipinski definition) is 3. The van der Waals surface area contributed by atoms with Gasteiger partial charge in [-0.15, -0.1) is 0 Å². The van der Waals surface area contributed by atoms with E-state index in [1.807, 2.05) is 61.5 Å². The van der Waals surface area contributed by atoms with E-state index < -0.39 is 0 Å². The Hall–Kier alpha value is -2.33. The van der Waals surface area contributed by atoms with Gasteiger partial charge in [0, 0.05) is 13.6 Å². The number of rotatable bonds is 7. The molecule has 22 heavy (non-hydrogen) atoms. The van der Waals surface area contributed by atoms with Crippen LogP contribution < -0.4 is 15.4 Å². The largest absolute Gasteiger partial charge is 0.489 e. The van der Waals surface area contributed by atoms with E-state index in [4.69, 9.17) is 4.74 Å². The zero-order valence-electron chi connectivity index (χ0n) is 13.0. The number of nitrogens with one attached hydrogen (secondary N) is 2. The predicted octanol–water partition coefficient (Wildman–Crippen LogP) is 2.49. The Bertz CT molecular complexity index is 582. The van der Waals surface area contributed by atoms with Crippen molar-refractivity contribution in [3.05, 3.63) is 65.7 Å². The van der Waals surface area contributed by atoms with Crippen LogP contribution in [0.15, 0.2) is 54.6 Å². The molecule has 0 radical (unpaired) electrons. The lowest BCUT2D eigenvalue weighted by molar-refractivity contribution is -0.122. The summed E-state index contributed by atoms with van der Waals surface area (Å²) in [6.45, 7) is 3.05. The van der Waals surface area contributed by atoms with Gasteiger partial charge < -0.3 is 15.4 Å². The fourth-order valence-corrected chi connectivity index (χ4v) is 2.02. The van der Waals surface area contributed by atoms with Gasteiger partial charge >= 0.3 is 0 Å². The zero-order chi connectivity index (χ0) is 15.8. The summed E-state index contributed by atoms with van der Waals surface area (Å²) in [5.74, 6) is 0.828. The third-order valence-corrected chi connectivity index (χ3v) is 3.42. The Morgan fingerprint density at radius 2 is 1.73 bits per heavy atom. The minimum absolute atomic E-state index is 0.0113. The van der Waals surface area contributed by atoms with E-state index >= 15 is 0 Å². The van der Waals surface area contributed by atoms with Crippen molar-refractivity contribution in [3.8, 4) is 5.75 Å². The molecule has 0 aliphatic carbocycles. The van der Waals surface area contributed by atoms with E-state index in [0.29, 0.717) is 13.2 Å². The molecule has 116 valence electrons. The second-order valence-corrected chi connectivity index (χ2v) is 5.14. The number of ether oxygens (including phenoxy) is 1. The summed E-state index contributed by atoms with van der Waals surface area (Å²) in [5.41, 5.74) is 2.26. The zero-order valence-corrected chi connectivity index (χ0v) is 13.0. The normalized spacial score (nSPS) is 11.7. The second kappa shape index (κ2) is 8.20. The van der Waals surface area contributed by atoms with Gasteiger partial charge in [0.25, 0.3) is 0 Å². The molecule has 0 heterocycles. The topological polar surface area (TPSA) is 50.4 Å². The fraction of sp³-hybridized carbons (Fsp3) is 0.278. The van der Waals surface area contributed by atoms with Crippen molar-refractivity contribution in [2.24, 2.45) is 0 Å². The molecule has 0 spiro atoms. The molecule has 0 aliphatic heterocycles. The highest BCUT2D eigenvalue weighted by Crippen LogP contribution is 2.14. The van der Waals surface area contributed by atoms with Gasteiger partial charge in [-0.2, -0.15) is 0 Å². The molecule has 4 nitrogen and oxygen atoms in total. The van der Waals surface area contributed by atoms with E-state index in [1.54, 1.807) is 7.05 Å². The molecule has 1 amide bonds. The van der Waals surface area contributed by atoms with Crippen LogP contribution in [0, 0.1) is 0 Å². The quantitative estimate of drug-likeness (QED) is 0.825. The molecule has 2 N–H and O–H groups in total. The standard InChI is InChI=1S/C18H22N2O2/c1-14(18(21)19-2)20-12-15-8-10-17(11-9-15)22-13-16-6-4-3-5-7-16/h3-11,14,20H,12-13H2,1-2H3,(H,19,21)/t14-/m0/s1. The number of benzene rings is 2. The molecule has 0 aliphatic rings. The third-order valence-electron chi connectivity index (χ3n) is 3.42. The van der Waals surface area contributed by atoms with Gasteiger partial charge in [0.15, 0.2) is 0 Å². The first-order chi connectivity index (χ1) is 10.7. The summed E-state index contributed by atoms with van der Waals surface area (Å²) < 4.78 is 5.74. The van der Waals surface area contributed by atoms with Crippen molar-refractivity contribution < 1.29 is 9.53 Å². The van der Waals surface area contributed by atoms with Crippen molar-refractivity contribution in [3.63, 3.8) is 0 Å². The van der Waals surface area contributed by atoms with Crippen LogP contribution >= 0.6 is 0 Å². The first-order valence-electron chi connectivity index (χ1n) is 7.39. The van der Waals surface area contributed by atoms with Gasteiger partial charge in [-0.05, 0) is 30.2 Å². The number of carbonyl (C=O) groups is 1. The monoisotopic (exact) mass is 298 g/mol. The summed E-state index contributed by atoms with van der Waals surface area (Å²) in [6.07, 6.45) is 0. The van der Waals surface area contributed by atoms with Crippen LogP contribution in [0.1, 0.15) is 18.1 Å². The summed E-state index contributed by atoms with van der Waals surface area (Å²) in [6, 6.07) is 17.8.